The zero-order valence-corrected chi connectivity index (χ0v) is 10.7. The second-order valence-corrected chi connectivity index (χ2v) is 5.43. The smallest absolute Gasteiger partial charge is 0.308 e. The second-order valence-electron chi connectivity index (χ2n) is 3.34. The van der Waals surface area contributed by atoms with E-state index in [1.54, 1.807) is 0 Å². The summed E-state index contributed by atoms with van der Waals surface area (Å²) in [7, 11) is 0. The van der Waals surface area contributed by atoms with E-state index in [1.807, 2.05) is 36.4 Å². The normalized spacial score (nSPS) is 10.3. The van der Waals surface area contributed by atoms with Gasteiger partial charge in [0, 0.05) is 14.2 Å². The number of aliphatic carboxylic acids is 1. The highest BCUT2D eigenvalue weighted by Gasteiger charge is 2.05. The molecule has 0 amide bonds. The highest BCUT2D eigenvalue weighted by atomic mass is 79.9. The van der Waals surface area contributed by atoms with Crippen molar-refractivity contribution in [1.29, 1.82) is 0 Å². The highest BCUT2D eigenvalue weighted by Crippen LogP contribution is 2.29. The Hall–Kier alpha value is -1.13. The van der Waals surface area contributed by atoms with Crippen LogP contribution in [0.4, 0.5) is 0 Å². The van der Waals surface area contributed by atoms with Crippen LogP contribution in [-0.2, 0) is 11.2 Å². The van der Waals surface area contributed by atoms with E-state index in [9.17, 15) is 4.79 Å². The Kier molecular flexibility index (Phi) is 3.41. The van der Waals surface area contributed by atoms with E-state index in [1.165, 1.54) is 11.3 Å². The maximum Gasteiger partial charge on any atom is 0.308 e. The minimum Gasteiger partial charge on any atom is -0.481 e. The molecule has 4 heteroatoms. The van der Waals surface area contributed by atoms with E-state index >= 15 is 0 Å². The number of rotatable bonds is 3. The molecule has 0 unspecified atom stereocenters. The van der Waals surface area contributed by atoms with Crippen molar-refractivity contribution in [2.24, 2.45) is 0 Å². The molecule has 0 aliphatic rings. The first-order valence-electron chi connectivity index (χ1n) is 4.71. The number of halogens is 1. The Bertz CT molecular complexity index is 502. The molecular weight excluding hydrogens is 288 g/mol. The summed E-state index contributed by atoms with van der Waals surface area (Å²) in [6, 6.07) is 11.8. The van der Waals surface area contributed by atoms with Crippen LogP contribution in [0.3, 0.4) is 0 Å². The fourth-order valence-corrected chi connectivity index (χ4v) is 2.66. The number of hydrogen-bond acceptors (Lipinski definition) is 2. The molecule has 1 N–H and O–H groups in total. The fraction of sp³-hybridized carbons (Fsp3) is 0.0833. The molecule has 1 aromatic carbocycles. The predicted molar refractivity (Wildman–Crippen MR) is 68.8 cm³/mol. The minimum atomic E-state index is -0.788. The molecule has 2 rings (SSSR count). The summed E-state index contributed by atoms with van der Waals surface area (Å²) in [5.41, 5.74) is 1.12. The van der Waals surface area contributed by atoms with Gasteiger partial charge in [-0.05, 0) is 29.8 Å². The van der Waals surface area contributed by atoms with Crippen molar-refractivity contribution in [2.75, 3.05) is 0 Å². The quantitative estimate of drug-likeness (QED) is 0.935. The van der Waals surface area contributed by atoms with Crippen LogP contribution in [0.2, 0.25) is 0 Å². The number of thiophene rings is 1. The Balaban J connectivity index is 2.24. The maximum absolute atomic E-state index is 10.6. The molecule has 2 nitrogen and oxygen atoms in total. The fourth-order valence-electron chi connectivity index (χ4n) is 1.39. The second kappa shape index (κ2) is 4.80. The SMILES string of the molecule is O=C(O)Cc1ccc(-c2ccc(Br)cc2)s1. The molecule has 0 aliphatic heterocycles. The molecular formula is C12H9BrO2S. The number of carboxylic acid groups (broad SMARTS) is 1. The number of carbonyl (C=O) groups is 1. The maximum atomic E-state index is 10.6. The van der Waals surface area contributed by atoms with Gasteiger partial charge in [0.25, 0.3) is 0 Å². The largest absolute Gasteiger partial charge is 0.481 e. The van der Waals surface area contributed by atoms with Gasteiger partial charge in [-0.15, -0.1) is 11.3 Å². The Morgan fingerprint density at radius 1 is 1.19 bits per heavy atom. The average Bonchev–Trinajstić information content (AvgIpc) is 2.66. The van der Waals surface area contributed by atoms with E-state index in [0.717, 1.165) is 19.8 Å². The lowest BCUT2D eigenvalue weighted by Crippen LogP contribution is -1.96. The number of benzene rings is 1. The van der Waals surface area contributed by atoms with E-state index in [0.29, 0.717) is 0 Å². The van der Waals surface area contributed by atoms with E-state index < -0.39 is 5.97 Å². The Morgan fingerprint density at radius 2 is 1.88 bits per heavy atom. The van der Waals surface area contributed by atoms with E-state index in [-0.39, 0.29) is 6.42 Å². The van der Waals surface area contributed by atoms with Gasteiger partial charge in [0.05, 0.1) is 6.42 Å². The third kappa shape index (κ3) is 2.71. The van der Waals surface area contributed by atoms with Crippen molar-refractivity contribution in [3.8, 4) is 10.4 Å². The van der Waals surface area contributed by atoms with Gasteiger partial charge < -0.3 is 5.11 Å². The molecule has 0 aliphatic carbocycles. The molecule has 0 atom stereocenters. The van der Waals surface area contributed by atoms with Gasteiger partial charge in [-0.25, -0.2) is 0 Å². The number of hydrogen-bond donors (Lipinski definition) is 1. The predicted octanol–water partition coefficient (Wildman–Crippen LogP) is 3.80. The molecule has 0 saturated heterocycles. The summed E-state index contributed by atoms with van der Waals surface area (Å²) in [5, 5.41) is 8.68. The molecule has 0 fully saturated rings. The molecule has 0 bridgehead atoms. The first kappa shape index (κ1) is 11.4. The third-order valence-corrected chi connectivity index (χ3v) is 3.78. The Morgan fingerprint density at radius 3 is 2.50 bits per heavy atom. The molecule has 1 heterocycles. The summed E-state index contributed by atoms with van der Waals surface area (Å²) in [4.78, 5) is 12.5. The molecule has 1 aromatic heterocycles. The van der Waals surface area contributed by atoms with Gasteiger partial charge in [-0.2, -0.15) is 0 Å². The molecule has 16 heavy (non-hydrogen) atoms. The molecule has 0 radical (unpaired) electrons. The molecule has 0 spiro atoms. The van der Waals surface area contributed by atoms with Crippen LogP contribution < -0.4 is 0 Å². The van der Waals surface area contributed by atoms with Crippen molar-refractivity contribution in [3.05, 3.63) is 45.7 Å². The topological polar surface area (TPSA) is 37.3 Å². The van der Waals surface area contributed by atoms with Gasteiger partial charge in [-0.1, -0.05) is 28.1 Å². The third-order valence-electron chi connectivity index (χ3n) is 2.12. The van der Waals surface area contributed by atoms with Gasteiger partial charge in [0.15, 0.2) is 0 Å². The lowest BCUT2D eigenvalue weighted by Gasteiger charge is -1.96. The number of carboxylic acids is 1. The van der Waals surface area contributed by atoms with Gasteiger partial charge in [0.2, 0.25) is 0 Å². The average molecular weight is 297 g/mol. The lowest BCUT2D eigenvalue weighted by molar-refractivity contribution is -0.136. The van der Waals surface area contributed by atoms with Crippen LogP contribution in [-0.4, -0.2) is 11.1 Å². The van der Waals surface area contributed by atoms with Crippen LogP contribution in [0.15, 0.2) is 40.9 Å². The highest BCUT2D eigenvalue weighted by molar-refractivity contribution is 9.10. The summed E-state index contributed by atoms with van der Waals surface area (Å²) in [5.74, 6) is -0.788. The molecule has 0 saturated carbocycles. The van der Waals surface area contributed by atoms with Gasteiger partial charge >= 0.3 is 5.97 Å². The van der Waals surface area contributed by atoms with Crippen LogP contribution in [0, 0.1) is 0 Å². The van der Waals surface area contributed by atoms with Crippen LogP contribution in [0.5, 0.6) is 0 Å². The zero-order valence-electron chi connectivity index (χ0n) is 8.31. The lowest BCUT2D eigenvalue weighted by atomic mass is 10.2. The van der Waals surface area contributed by atoms with Crippen molar-refractivity contribution in [1.82, 2.24) is 0 Å². The van der Waals surface area contributed by atoms with Crippen LogP contribution >= 0.6 is 27.3 Å². The van der Waals surface area contributed by atoms with Crippen molar-refractivity contribution in [2.45, 2.75) is 6.42 Å². The van der Waals surface area contributed by atoms with E-state index in [4.69, 9.17) is 5.11 Å². The first-order chi connectivity index (χ1) is 7.65. The van der Waals surface area contributed by atoms with Crippen LogP contribution in [0.1, 0.15) is 4.88 Å². The first-order valence-corrected chi connectivity index (χ1v) is 6.32. The van der Waals surface area contributed by atoms with Crippen molar-refractivity contribution in [3.63, 3.8) is 0 Å². The van der Waals surface area contributed by atoms with Crippen molar-refractivity contribution >= 4 is 33.2 Å². The Labute approximate surface area is 106 Å². The van der Waals surface area contributed by atoms with Crippen molar-refractivity contribution < 1.29 is 9.90 Å². The molecule has 82 valence electrons. The standard InChI is InChI=1S/C12H9BrO2S/c13-9-3-1-8(2-4-9)11-6-5-10(16-11)7-12(14)15/h1-6H,7H2,(H,14,15). The summed E-state index contributed by atoms with van der Waals surface area (Å²) < 4.78 is 1.04. The monoisotopic (exact) mass is 296 g/mol. The van der Waals surface area contributed by atoms with Gasteiger partial charge in [0.1, 0.15) is 0 Å². The van der Waals surface area contributed by atoms with E-state index in [2.05, 4.69) is 15.9 Å². The summed E-state index contributed by atoms with van der Waals surface area (Å²) in [6.45, 7) is 0. The minimum absolute atomic E-state index is 0.0984. The summed E-state index contributed by atoms with van der Waals surface area (Å²) >= 11 is 4.91. The molecule has 2 aromatic rings. The summed E-state index contributed by atoms with van der Waals surface area (Å²) in [6.07, 6.45) is 0.0984. The van der Waals surface area contributed by atoms with Gasteiger partial charge in [-0.3, -0.25) is 4.79 Å². The van der Waals surface area contributed by atoms with Crippen LogP contribution in [0.25, 0.3) is 10.4 Å². The zero-order chi connectivity index (χ0) is 11.5.